The smallest absolute Gasteiger partial charge is 0.237 e. The molecule has 2 aromatic rings. The van der Waals surface area contributed by atoms with Gasteiger partial charge in [0.1, 0.15) is 0 Å². The molecule has 1 unspecified atom stereocenters. The normalized spacial score (nSPS) is 17.6. The molecule has 0 spiro atoms. The van der Waals surface area contributed by atoms with Gasteiger partial charge in [-0.15, -0.1) is 0 Å². The molecule has 1 aliphatic rings. The molecule has 1 aromatic carbocycles. The maximum absolute atomic E-state index is 12.1. The van der Waals surface area contributed by atoms with E-state index in [0.29, 0.717) is 18.1 Å². The highest BCUT2D eigenvalue weighted by Crippen LogP contribution is 2.16. The molecular weight excluding hydrogens is 256 g/mol. The van der Waals surface area contributed by atoms with Crippen molar-refractivity contribution in [3.63, 3.8) is 0 Å². The fourth-order valence-corrected chi connectivity index (χ4v) is 2.34. The van der Waals surface area contributed by atoms with E-state index in [1.54, 1.807) is 6.92 Å². The maximum Gasteiger partial charge on any atom is 0.237 e. The van der Waals surface area contributed by atoms with Crippen LogP contribution in [-0.4, -0.2) is 22.1 Å². The Labute approximate surface area is 116 Å². The zero-order chi connectivity index (χ0) is 13.9. The topological polar surface area (TPSA) is 80.0 Å². The molecule has 6 nitrogen and oxygen atoms in total. The molecule has 1 atom stereocenters. The van der Waals surface area contributed by atoms with Crippen molar-refractivity contribution in [2.45, 2.75) is 32.5 Å². The summed E-state index contributed by atoms with van der Waals surface area (Å²) in [6.07, 6.45) is 0.702. The lowest BCUT2D eigenvalue weighted by Crippen LogP contribution is -2.47. The summed E-state index contributed by atoms with van der Waals surface area (Å²) in [5.74, 6) is 0.952. The molecule has 2 N–H and O–H groups in total. The fraction of sp³-hybridized carbons (Fsp3) is 0.357. The van der Waals surface area contributed by atoms with Crippen LogP contribution in [-0.2, 0) is 24.3 Å². The molecule has 2 heterocycles. The molecule has 0 radical (unpaired) electrons. The maximum atomic E-state index is 12.1. The van der Waals surface area contributed by atoms with Crippen molar-refractivity contribution in [1.29, 1.82) is 0 Å². The van der Waals surface area contributed by atoms with E-state index in [0.717, 1.165) is 6.54 Å². The van der Waals surface area contributed by atoms with Crippen LogP contribution in [0.2, 0.25) is 0 Å². The number of hydrogen-bond donors (Lipinski definition) is 2. The number of amides is 1. The fourth-order valence-electron chi connectivity index (χ4n) is 2.34. The molecule has 0 aliphatic carbocycles. The van der Waals surface area contributed by atoms with E-state index < -0.39 is 0 Å². The number of aromatic nitrogens is 2. The lowest BCUT2D eigenvalue weighted by atomic mass is 9.95. The second kappa shape index (κ2) is 5.42. The predicted molar refractivity (Wildman–Crippen MR) is 71.7 cm³/mol. The number of carbonyl (C=O) groups is 1. The molecule has 0 fully saturated rings. The number of nitrogens with one attached hydrogen (secondary N) is 2. The van der Waals surface area contributed by atoms with E-state index in [9.17, 15) is 4.79 Å². The summed E-state index contributed by atoms with van der Waals surface area (Å²) in [4.78, 5) is 16.2. The highest BCUT2D eigenvalue weighted by molar-refractivity contribution is 5.82. The van der Waals surface area contributed by atoms with Crippen LogP contribution in [0.3, 0.4) is 0 Å². The SMILES string of the molecule is Cc1nc(CNC(=O)C2Cc3ccccc3CN2)no1. The van der Waals surface area contributed by atoms with Gasteiger partial charge in [-0.3, -0.25) is 4.79 Å². The number of rotatable bonds is 3. The Kier molecular flexibility index (Phi) is 3.47. The summed E-state index contributed by atoms with van der Waals surface area (Å²) in [6.45, 7) is 2.73. The van der Waals surface area contributed by atoms with Gasteiger partial charge in [0.2, 0.25) is 11.8 Å². The zero-order valence-corrected chi connectivity index (χ0v) is 11.2. The number of hydrogen-bond acceptors (Lipinski definition) is 5. The Balaban J connectivity index is 1.59. The van der Waals surface area contributed by atoms with Crippen LogP contribution in [0, 0.1) is 6.92 Å². The molecular formula is C14H16N4O2. The molecule has 0 saturated heterocycles. The summed E-state index contributed by atoms with van der Waals surface area (Å²) >= 11 is 0. The van der Waals surface area contributed by atoms with Gasteiger partial charge in [-0.1, -0.05) is 29.4 Å². The Morgan fingerprint density at radius 2 is 2.25 bits per heavy atom. The van der Waals surface area contributed by atoms with E-state index in [4.69, 9.17) is 4.52 Å². The first-order valence-corrected chi connectivity index (χ1v) is 6.59. The van der Waals surface area contributed by atoms with Gasteiger partial charge in [0.05, 0.1) is 12.6 Å². The third-order valence-corrected chi connectivity index (χ3v) is 3.39. The molecule has 1 amide bonds. The van der Waals surface area contributed by atoms with Crippen LogP contribution in [0.5, 0.6) is 0 Å². The standard InChI is InChI=1S/C14H16N4O2/c1-9-17-13(18-20-9)8-16-14(19)12-6-10-4-2-3-5-11(10)7-15-12/h2-5,12,15H,6-8H2,1H3,(H,16,19). The first kappa shape index (κ1) is 12.8. The van der Waals surface area contributed by atoms with Gasteiger partial charge in [0.25, 0.3) is 0 Å². The molecule has 3 rings (SSSR count). The summed E-state index contributed by atoms with van der Waals surface area (Å²) in [5.41, 5.74) is 2.48. The quantitative estimate of drug-likeness (QED) is 0.860. The van der Waals surface area contributed by atoms with E-state index >= 15 is 0 Å². The van der Waals surface area contributed by atoms with Crippen molar-refractivity contribution >= 4 is 5.91 Å². The average Bonchev–Trinajstić information content (AvgIpc) is 2.90. The molecule has 6 heteroatoms. The van der Waals surface area contributed by atoms with Crippen molar-refractivity contribution in [2.75, 3.05) is 0 Å². The van der Waals surface area contributed by atoms with E-state index in [1.807, 2.05) is 12.1 Å². The van der Waals surface area contributed by atoms with Gasteiger partial charge in [-0.2, -0.15) is 4.98 Å². The first-order valence-electron chi connectivity index (χ1n) is 6.59. The van der Waals surface area contributed by atoms with Crippen LogP contribution in [0.1, 0.15) is 22.8 Å². The monoisotopic (exact) mass is 272 g/mol. The van der Waals surface area contributed by atoms with Gasteiger partial charge >= 0.3 is 0 Å². The van der Waals surface area contributed by atoms with E-state index in [-0.39, 0.29) is 18.5 Å². The van der Waals surface area contributed by atoms with Crippen molar-refractivity contribution in [2.24, 2.45) is 0 Å². The number of fused-ring (bicyclic) bond motifs is 1. The second-order valence-corrected chi connectivity index (χ2v) is 4.85. The van der Waals surface area contributed by atoms with E-state index in [2.05, 4.69) is 32.9 Å². The minimum absolute atomic E-state index is 0.0399. The Hall–Kier alpha value is -2.21. The Morgan fingerprint density at radius 1 is 1.45 bits per heavy atom. The number of benzene rings is 1. The minimum atomic E-state index is -0.210. The van der Waals surface area contributed by atoms with Crippen LogP contribution in [0.15, 0.2) is 28.8 Å². The number of aryl methyl sites for hydroxylation is 1. The molecule has 20 heavy (non-hydrogen) atoms. The summed E-state index contributed by atoms with van der Waals surface area (Å²) in [6, 6.07) is 7.95. The van der Waals surface area contributed by atoms with Crippen LogP contribution in [0.4, 0.5) is 0 Å². The zero-order valence-electron chi connectivity index (χ0n) is 11.2. The van der Waals surface area contributed by atoms with Gasteiger partial charge in [-0.05, 0) is 17.5 Å². The van der Waals surface area contributed by atoms with Crippen molar-refractivity contribution in [3.8, 4) is 0 Å². The van der Waals surface area contributed by atoms with Crippen LogP contribution < -0.4 is 10.6 Å². The lowest BCUT2D eigenvalue weighted by molar-refractivity contribution is -0.123. The Morgan fingerprint density at radius 3 is 3.00 bits per heavy atom. The molecule has 0 bridgehead atoms. The number of carbonyl (C=O) groups excluding carboxylic acids is 1. The van der Waals surface area contributed by atoms with E-state index in [1.165, 1.54) is 11.1 Å². The average molecular weight is 272 g/mol. The van der Waals surface area contributed by atoms with Gasteiger partial charge in [-0.25, -0.2) is 0 Å². The van der Waals surface area contributed by atoms with Gasteiger partial charge in [0, 0.05) is 13.5 Å². The Bertz CT molecular complexity index is 623. The summed E-state index contributed by atoms with van der Waals surface area (Å²) in [5, 5.41) is 9.81. The largest absolute Gasteiger partial charge is 0.347 e. The minimum Gasteiger partial charge on any atom is -0.347 e. The highest BCUT2D eigenvalue weighted by Gasteiger charge is 2.23. The first-order chi connectivity index (χ1) is 9.72. The molecule has 104 valence electrons. The molecule has 0 saturated carbocycles. The third-order valence-electron chi connectivity index (χ3n) is 3.39. The van der Waals surface area contributed by atoms with Crippen LogP contribution >= 0.6 is 0 Å². The predicted octanol–water partition coefficient (Wildman–Crippen LogP) is 0.709. The van der Waals surface area contributed by atoms with Gasteiger partial charge < -0.3 is 15.2 Å². The highest BCUT2D eigenvalue weighted by atomic mass is 16.5. The van der Waals surface area contributed by atoms with Gasteiger partial charge in [0.15, 0.2) is 5.82 Å². The van der Waals surface area contributed by atoms with Crippen molar-refractivity contribution in [1.82, 2.24) is 20.8 Å². The lowest BCUT2D eigenvalue weighted by Gasteiger charge is -2.25. The molecule has 1 aliphatic heterocycles. The van der Waals surface area contributed by atoms with Crippen molar-refractivity contribution < 1.29 is 9.32 Å². The molecule has 1 aromatic heterocycles. The third kappa shape index (κ3) is 2.70. The summed E-state index contributed by atoms with van der Waals surface area (Å²) in [7, 11) is 0. The van der Waals surface area contributed by atoms with Crippen LogP contribution in [0.25, 0.3) is 0 Å². The van der Waals surface area contributed by atoms with Crippen molar-refractivity contribution in [3.05, 3.63) is 47.1 Å². The second-order valence-electron chi connectivity index (χ2n) is 4.85. The number of nitrogens with zero attached hydrogens (tertiary/aromatic N) is 2. The summed E-state index contributed by atoms with van der Waals surface area (Å²) < 4.78 is 4.86.